The van der Waals surface area contributed by atoms with E-state index in [4.69, 9.17) is 19.9 Å². The zero-order valence-corrected chi connectivity index (χ0v) is 8.53. The summed E-state index contributed by atoms with van der Waals surface area (Å²) in [6.07, 6.45) is 0. The van der Waals surface area contributed by atoms with Crippen LogP contribution in [0.5, 0.6) is 0 Å². The lowest BCUT2D eigenvalue weighted by atomic mass is 10.2. The van der Waals surface area contributed by atoms with Crippen LogP contribution in [0.2, 0.25) is 0 Å². The van der Waals surface area contributed by atoms with Crippen LogP contribution in [0.1, 0.15) is 27.7 Å². The first-order valence-electron chi connectivity index (χ1n) is 3.90. The van der Waals surface area contributed by atoms with Crippen LogP contribution in [0.25, 0.3) is 0 Å². The second-order valence-corrected chi connectivity index (χ2v) is 3.26. The summed E-state index contributed by atoms with van der Waals surface area (Å²) in [5.74, 6) is -0.833. The van der Waals surface area contributed by atoms with Gasteiger partial charge in [0, 0.05) is 6.92 Å². The SMILES string of the molecule is CC(=O)O.CC(C)(C)OOCCO. The lowest BCUT2D eigenvalue weighted by Crippen LogP contribution is -2.20. The Morgan fingerprint density at radius 1 is 1.38 bits per heavy atom. The number of aliphatic carboxylic acids is 1. The maximum Gasteiger partial charge on any atom is 0.300 e. The topological polar surface area (TPSA) is 76.0 Å². The van der Waals surface area contributed by atoms with E-state index in [1.165, 1.54) is 0 Å². The lowest BCUT2D eigenvalue weighted by Gasteiger charge is -2.16. The van der Waals surface area contributed by atoms with Gasteiger partial charge in [-0.25, -0.2) is 9.78 Å². The Morgan fingerprint density at radius 3 is 2.00 bits per heavy atom. The fourth-order valence-electron chi connectivity index (χ4n) is 0.256. The molecule has 0 bridgehead atoms. The fraction of sp³-hybridized carbons (Fsp3) is 0.875. The molecular weight excluding hydrogens is 176 g/mol. The Morgan fingerprint density at radius 2 is 1.77 bits per heavy atom. The van der Waals surface area contributed by atoms with Crippen molar-refractivity contribution < 1.29 is 24.8 Å². The molecule has 5 heteroatoms. The van der Waals surface area contributed by atoms with Crippen molar-refractivity contribution in [3.05, 3.63) is 0 Å². The largest absolute Gasteiger partial charge is 0.481 e. The first-order valence-corrected chi connectivity index (χ1v) is 3.90. The first-order chi connectivity index (χ1) is 5.79. The molecule has 0 saturated carbocycles. The second kappa shape index (κ2) is 7.97. The molecule has 13 heavy (non-hydrogen) atoms. The van der Waals surface area contributed by atoms with E-state index in [1.807, 2.05) is 20.8 Å². The smallest absolute Gasteiger partial charge is 0.300 e. The van der Waals surface area contributed by atoms with Gasteiger partial charge in [-0.1, -0.05) is 0 Å². The summed E-state index contributed by atoms with van der Waals surface area (Å²) in [5.41, 5.74) is -0.283. The van der Waals surface area contributed by atoms with E-state index in [-0.39, 0.29) is 18.8 Å². The minimum Gasteiger partial charge on any atom is -0.481 e. The van der Waals surface area contributed by atoms with Gasteiger partial charge in [0.2, 0.25) is 0 Å². The van der Waals surface area contributed by atoms with Crippen LogP contribution in [-0.2, 0) is 14.6 Å². The van der Waals surface area contributed by atoms with Crippen LogP contribution < -0.4 is 0 Å². The molecule has 5 nitrogen and oxygen atoms in total. The molecule has 0 rings (SSSR count). The number of carboxylic acid groups (broad SMARTS) is 1. The molecule has 0 spiro atoms. The highest BCUT2D eigenvalue weighted by Crippen LogP contribution is 2.05. The summed E-state index contributed by atoms with van der Waals surface area (Å²) in [5, 5.41) is 15.7. The average Bonchev–Trinajstić information content (AvgIpc) is 1.83. The summed E-state index contributed by atoms with van der Waals surface area (Å²) < 4.78 is 0. The molecule has 80 valence electrons. The molecule has 2 N–H and O–H groups in total. The Hall–Kier alpha value is -0.650. The Kier molecular flexibility index (Phi) is 9.11. The van der Waals surface area contributed by atoms with Crippen LogP contribution in [0.3, 0.4) is 0 Å². The maximum absolute atomic E-state index is 9.00. The molecule has 0 saturated heterocycles. The van der Waals surface area contributed by atoms with E-state index < -0.39 is 5.97 Å². The van der Waals surface area contributed by atoms with Crippen LogP contribution in [0.4, 0.5) is 0 Å². The molecule has 0 aromatic rings. The summed E-state index contributed by atoms with van der Waals surface area (Å²) in [7, 11) is 0. The third-order valence-corrected chi connectivity index (χ3v) is 0.484. The van der Waals surface area contributed by atoms with Gasteiger partial charge in [0.15, 0.2) is 0 Å². The molecular formula is C8H18O5. The van der Waals surface area contributed by atoms with Crippen molar-refractivity contribution in [3.8, 4) is 0 Å². The summed E-state index contributed by atoms with van der Waals surface area (Å²) in [6, 6.07) is 0. The van der Waals surface area contributed by atoms with Crippen molar-refractivity contribution in [3.63, 3.8) is 0 Å². The van der Waals surface area contributed by atoms with Crippen molar-refractivity contribution in [1.82, 2.24) is 0 Å². The molecule has 0 amide bonds. The van der Waals surface area contributed by atoms with Gasteiger partial charge in [0.1, 0.15) is 6.61 Å². The van der Waals surface area contributed by atoms with E-state index in [1.54, 1.807) is 0 Å². The first kappa shape index (κ1) is 14.9. The Balaban J connectivity index is 0. The van der Waals surface area contributed by atoms with E-state index >= 15 is 0 Å². The number of hydrogen-bond donors (Lipinski definition) is 2. The normalized spacial score (nSPS) is 10.2. The highest BCUT2D eigenvalue weighted by molar-refractivity contribution is 5.62. The highest BCUT2D eigenvalue weighted by Gasteiger charge is 2.10. The molecule has 0 unspecified atom stereocenters. The standard InChI is InChI=1S/C6H14O3.C2H4O2/c1-6(2,3)9-8-5-4-7;1-2(3)4/h7H,4-5H2,1-3H3;1H3,(H,3,4). The average molecular weight is 194 g/mol. The van der Waals surface area contributed by atoms with Gasteiger partial charge in [-0.15, -0.1) is 0 Å². The van der Waals surface area contributed by atoms with Gasteiger partial charge < -0.3 is 10.2 Å². The van der Waals surface area contributed by atoms with E-state index in [9.17, 15) is 0 Å². The van der Waals surface area contributed by atoms with Crippen LogP contribution in [0.15, 0.2) is 0 Å². The zero-order chi connectivity index (χ0) is 10.9. The minimum atomic E-state index is -0.833. The molecule has 0 aromatic carbocycles. The predicted octanol–water partition coefficient (Wildman–Crippen LogP) is 0.816. The van der Waals surface area contributed by atoms with Gasteiger partial charge in [-0.05, 0) is 20.8 Å². The van der Waals surface area contributed by atoms with Crippen molar-refractivity contribution >= 4 is 5.97 Å². The molecule has 0 aliphatic carbocycles. The van der Waals surface area contributed by atoms with E-state index in [0.29, 0.717) is 0 Å². The molecule has 0 aliphatic heterocycles. The predicted molar refractivity (Wildman–Crippen MR) is 47.2 cm³/mol. The van der Waals surface area contributed by atoms with Gasteiger partial charge in [0.05, 0.1) is 12.2 Å². The molecule has 0 fully saturated rings. The monoisotopic (exact) mass is 194 g/mol. The minimum absolute atomic E-state index is 0.00389. The van der Waals surface area contributed by atoms with Crippen molar-refractivity contribution in [2.75, 3.05) is 13.2 Å². The molecule has 0 aromatic heterocycles. The van der Waals surface area contributed by atoms with Crippen LogP contribution >= 0.6 is 0 Å². The maximum atomic E-state index is 9.00. The molecule has 0 radical (unpaired) electrons. The quantitative estimate of drug-likeness (QED) is 0.395. The van der Waals surface area contributed by atoms with Crippen LogP contribution in [-0.4, -0.2) is 35.0 Å². The molecule has 0 aliphatic rings. The Bertz CT molecular complexity index is 123. The number of hydrogen-bond acceptors (Lipinski definition) is 4. The molecule has 0 atom stereocenters. The summed E-state index contributed by atoms with van der Waals surface area (Å²) in [6.45, 7) is 6.95. The van der Waals surface area contributed by atoms with E-state index in [0.717, 1.165) is 6.92 Å². The Labute approximate surface area is 78.2 Å². The van der Waals surface area contributed by atoms with Gasteiger partial charge in [0.25, 0.3) is 5.97 Å². The van der Waals surface area contributed by atoms with Gasteiger partial charge in [-0.3, -0.25) is 4.79 Å². The van der Waals surface area contributed by atoms with Crippen molar-refractivity contribution in [2.24, 2.45) is 0 Å². The highest BCUT2D eigenvalue weighted by atomic mass is 17.2. The number of aliphatic hydroxyl groups is 1. The third kappa shape index (κ3) is 34.7. The van der Waals surface area contributed by atoms with Crippen molar-refractivity contribution in [1.29, 1.82) is 0 Å². The lowest BCUT2D eigenvalue weighted by molar-refractivity contribution is -0.350. The second-order valence-electron chi connectivity index (χ2n) is 3.26. The third-order valence-electron chi connectivity index (χ3n) is 0.484. The number of aliphatic hydroxyl groups excluding tert-OH is 1. The number of carbonyl (C=O) groups is 1. The molecule has 0 heterocycles. The van der Waals surface area contributed by atoms with Crippen molar-refractivity contribution in [2.45, 2.75) is 33.3 Å². The van der Waals surface area contributed by atoms with Crippen LogP contribution in [0, 0.1) is 0 Å². The summed E-state index contributed by atoms with van der Waals surface area (Å²) >= 11 is 0. The number of rotatable bonds is 3. The summed E-state index contributed by atoms with van der Waals surface area (Å²) in [4.78, 5) is 18.4. The van der Waals surface area contributed by atoms with Gasteiger partial charge >= 0.3 is 0 Å². The van der Waals surface area contributed by atoms with E-state index in [2.05, 4.69) is 4.89 Å². The fourth-order valence-corrected chi connectivity index (χ4v) is 0.256. The zero-order valence-electron chi connectivity index (χ0n) is 8.53. The van der Waals surface area contributed by atoms with Gasteiger partial charge in [-0.2, -0.15) is 0 Å². The number of carboxylic acids is 1.